The summed E-state index contributed by atoms with van der Waals surface area (Å²) in [6, 6.07) is 5.87. The summed E-state index contributed by atoms with van der Waals surface area (Å²) in [5.74, 6) is 0.875. The highest BCUT2D eigenvalue weighted by atomic mass is 15.3. The lowest BCUT2D eigenvalue weighted by atomic mass is 10.2. The molecule has 0 fully saturated rings. The van der Waals surface area contributed by atoms with Crippen LogP contribution >= 0.6 is 0 Å². The molecular formula is C14H20N4. The topological polar surface area (TPSA) is 42.7 Å². The molecule has 2 aromatic rings. The summed E-state index contributed by atoms with van der Waals surface area (Å²) in [4.78, 5) is 4.34. The first-order valence-electron chi connectivity index (χ1n) is 6.41. The first kappa shape index (κ1) is 12.8. The van der Waals surface area contributed by atoms with Crippen molar-refractivity contribution in [2.45, 2.75) is 33.7 Å². The van der Waals surface area contributed by atoms with Gasteiger partial charge in [0.25, 0.3) is 0 Å². The number of aromatic nitrogens is 3. The van der Waals surface area contributed by atoms with Crippen LogP contribution in [0.1, 0.15) is 30.3 Å². The molecule has 4 nitrogen and oxygen atoms in total. The number of hydrogen-bond acceptors (Lipinski definition) is 3. The van der Waals surface area contributed by atoms with Crippen molar-refractivity contribution in [3.63, 3.8) is 0 Å². The molecule has 0 spiro atoms. The summed E-state index contributed by atoms with van der Waals surface area (Å²) in [6.07, 6.45) is 2.94. The van der Waals surface area contributed by atoms with Gasteiger partial charge in [0.1, 0.15) is 0 Å². The minimum absolute atomic E-state index is 0.873. The Morgan fingerprint density at radius 3 is 2.78 bits per heavy atom. The number of aryl methyl sites for hydroxylation is 1. The van der Waals surface area contributed by atoms with Gasteiger partial charge in [-0.15, -0.1) is 0 Å². The lowest BCUT2D eigenvalue weighted by Gasteiger charge is -2.05. The normalized spacial score (nSPS) is 10.8. The second-order valence-corrected chi connectivity index (χ2v) is 4.43. The Labute approximate surface area is 108 Å². The van der Waals surface area contributed by atoms with Crippen molar-refractivity contribution in [2.24, 2.45) is 0 Å². The molecule has 2 heterocycles. The molecule has 0 amide bonds. The molecule has 0 saturated carbocycles. The molecular weight excluding hydrogens is 224 g/mol. The molecule has 1 N–H and O–H groups in total. The summed E-state index contributed by atoms with van der Waals surface area (Å²) in [5.41, 5.74) is 3.51. The van der Waals surface area contributed by atoms with Crippen LogP contribution in [0.4, 0.5) is 0 Å². The number of rotatable bonds is 5. The van der Waals surface area contributed by atoms with Crippen molar-refractivity contribution >= 4 is 0 Å². The van der Waals surface area contributed by atoms with Crippen molar-refractivity contribution in [1.29, 1.82) is 0 Å². The van der Waals surface area contributed by atoms with Gasteiger partial charge >= 0.3 is 0 Å². The second kappa shape index (κ2) is 5.78. The average molecular weight is 244 g/mol. The smallest absolute Gasteiger partial charge is 0.153 e. The van der Waals surface area contributed by atoms with Gasteiger partial charge in [-0.2, -0.15) is 5.10 Å². The van der Waals surface area contributed by atoms with Gasteiger partial charge in [0.15, 0.2) is 5.82 Å². The highest BCUT2D eigenvalue weighted by Crippen LogP contribution is 2.16. The summed E-state index contributed by atoms with van der Waals surface area (Å²) < 4.78 is 1.91. The predicted molar refractivity (Wildman–Crippen MR) is 72.8 cm³/mol. The maximum atomic E-state index is 4.57. The average Bonchev–Trinajstić information content (AvgIpc) is 2.68. The molecule has 4 heteroatoms. The van der Waals surface area contributed by atoms with Crippen molar-refractivity contribution in [3.8, 4) is 5.82 Å². The second-order valence-electron chi connectivity index (χ2n) is 4.43. The fourth-order valence-electron chi connectivity index (χ4n) is 2.02. The fourth-order valence-corrected chi connectivity index (χ4v) is 2.02. The monoisotopic (exact) mass is 244 g/mol. The van der Waals surface area contributed by atoms with Gasteiger partial charge in [0, 0.05) is 24.0 Å². The first-order chi connectivity index (χ1) is 8.74. The molecule has 0 aliphatic carbocycles. The van der Waals surface area contributed by atoms with Gasteiger partial charge in [-0.05, 0) is 38.9 Å². The maximum Gasteiger partial charge on any atom is 0.153 e. The fraction of sp³-hybridized carbons (Fsp3) is 0.429. The van der Waals surface area contributed by atoms with Crippen LogP contribution in [0.25, 0.3) is 5.82 Å². The van der Waals surface area contributed by atoms with Crippen LogP contribution in [-0.4, -0.2) is 21.3 Å². The molecule has 0 aliphatic rings. The quantitative estimate of drug-likeness (QED) is 0.821. The Balaban J connectivity index is 2.26. The van der Waals surface area contributed by atoms with Gasteiger partial charge in [-0.1, -0.05) is 13.0 Å². The van der Waals surface area contributed by atoms with E-state index >= 15 is 0 Å². The zero-order valence-corrected chi connectivity index (χ0v) is 11.3. The van der Waals surface area contributed by atoms with E-state index in [2.05, 4.69) is 36.2 Å². The van der Waals surface area contributed by atoms with Crippen LogP contribution < -0.4 is 5.32 Å². The van der Waals surface area contributed by atoms with Crippen molar-refractivity contribution in [3.05, 3.63) is 41.3 Å². The minimum atomic E-state index is 0.873. The van der Waals surface area contributed by atoms with Crippen LogP contribution in [0.3, 0.4) is 0 Å². The Bertz CT molecular complexity index is 502. The zero-order valence-electron chi connectivity index (χ0n) is 11.3. The van der Waals surface area contributed by atoms with Crippen LogP contribution in [-0.2, 0) is 6.54 Å². The van der Waals surface area contributed by atoms with E-state index in [-0.39, 0.29) is 0 Å². The highest BCUT2D eigenvalue weighted by molar-refractivity contribution is 5.32. The lowest BCUT2D eigenvalue weighted by molar-refractivity contribution is 0.670. The van der Waals surface area contributed by atoms with Gasteiger partial charge in [-0.25, -0.2) is 9.67 Å². The number of pyridine rings is 1. The minimum Gasteiger partial charge on any atom is -0.313 e. The Hall–Kier alpha value is -1.68. The SMILES string of the molecule is CCCNCc1c(C)nn(-c2ccccn2)c1C. The number of nitrogens with one attached hydrogen (secondary N) is 1. The molecule has 2 aromatic heterocycles. The molecule has 96 valence electrons. The van der Waals surface area contributed by atoms with E-state index in [1.807, 2.05) is 22.9 Å². The first-order valence-corrected chi connectivity index (χ1v) is 6.41. The van der Waals surface area contributed by atoms with Crippen molar-refractivity contribution < 1.29 is 0 Å². The molecule has 18 heavy (non-hydrogen) atoms. The third-order valence-electron chi connectivity index (χ3n) is 3.04. The Morgan fingerprint density at radius 2 is 2.11 bits per heavy atom. The summed E-state index contributed by atoms with van der Waals surface area (Å²) in [6.45, 7) is 8.23. The van der Waals surface area contributed by atoms with Crippen LogP contribution in [0.2, 0.25) is 0 Å². The van der Waals surface area contributed by atoms with E-state index in [0.717, 1.165) is 36.7 Å². The van der Waals surface area contributed by atoms with Gasteiger partial charge in [0.2, 0.25) is 0 Å². The summed E-state index contributed by atoms with van der Waals surface area (Å²) in [7, 11) is 0. The largest absolute Gasteiger partial charge is 0.313 e. The van der Waals surface area contributed by atoms with E-state index in [1.54, 1.807) is 6.20 Å². The molecule has 0 aromatic carbocycles. The third-order valence-corrected chi connectivity index (χ3v) is 3.04. The van der Waals surface area contributed by atoms with E-state index in [9.17, 15) is 0 Å². The maximum absolute atomic E-state index is 4.57. The highest BCUT2D eigenvalue weighted by Gasteiger charge is 2.12. The molecule has 0 aliphatic heterocycles. The molecule has 0 bridgehead atoms. The molecule has 0 atom stereocenters. The lowest BCUT2D eigenvalue weighted by Crippen LogP contribution is -2.15. The Morgan fingerprint density at radius 1 is 1.28 bits per heavy atom. The van der Waals surface area contributed by atoms with Gasteiger partial charge < -0.3 is 5.32 Å². The molecule has 2 rings (SSSR count). The van der Waals surface area contributed by atoms with E-state index in [0.29, 0.717) is 0 Å². The van der Waals surface area contributed by atoms with Crippen LogP contribution in [0, 0.1) is 13.8 Å². The molecule has 0 unspecified atom stereocenters. The van der Waals surface area contributed by atoms with E-state index in [1.165, 1.54) is 5.56 Å². The van der Waals surface area contributed by atoms with E-state index < -0.39 is 0 Å². The van der Waals surface area contributed by atoms with Crippen molar-refractivity contribution in [1.82, 2.24) is 20.1 Å². The molecule has 0 radical (unpaired) electrons. The zero-order chi connectivity index (χ0) is 13.0. The van der Waals surface area contributed by atoms with Crippen molar-refractivity contribution in [2.75, 3.05) is 6.54 Å². The Kier molecular flexibility index (Phi) is 4.10. The molecule has 0 saturated heterocycles. The third kappa shape index (κ3) is 2.59. The van der Waals surface area contributed by atoms with Gasteiger partial charge in [0.05, 0.1) is 5.69 Å². The standard InChI is InChI=1S/C14H20N4/c1-4-8-15-10-13-11(2)17-18(12(13)3)14-7-5-6-9-16-14/h5-7,9,15H,4,8,10H2,1-3H3. The summed E-state index contributed by atoms with van der Waals surface area (Å²) in [5, 5.41) is 8.00. The van der Waals surface area contributed by atoms with Gasteiger partial charge in [-0.3, -0.25) is 0 Å². The van der Waals surface area contributed by atoms with E-state index in [4.69, 9.17) is 0 Å². The van der Waals surface area contributed by atoms with Crippen LogP contribution in [0.15, 0.2) is 24.4 Å². The van der Waals surface area contributed by atoms with Crippen LogP contribution in [0.5, 0.6) is 0 Å². The summed E-state index contributed by atoms with van der Waals surface area (Å²) >= 11 is 0. The predicted octanol–water partition coefficient (Wildman–Crippen LogP) is 2.38. The number of nitrogens with zero attached hydrogens (tertiary/aromatic N) is 3. The number of hydrogen-bond donors (Lipinski definition) is 1.